The van der Waals surface area contributed by atoms with Gasteiger partial charge >= 0.3 is 6.03 Å². The van der Waals surface area contributed by atoms with Crippen molar-refractivity contribution >= 4 is 56.7 Å². The Bertz CT molecular complexity index is 225. The van der Waals surface area contributed by atoms with Gasteiger partial charge in [0.05, 0.1) is 0 Å². The van der Waals surface area contributed by atoms with Crippen molar-refractivity contribution in [3.8, 4) is 0 Å². The smallest absolute Gasteiger partial charge is 0.274 e. The Morgan fingerprint density at radius 1 is 1.70 bits per heavy atom. The first-order valence-electron chi connectivity index (χ1n) is 2.31. The maximum absolute atomic E-state index is 10.8. The summed E-state index contributed by atoms with van der Waals surface area (Å²) < 4.78 is -0.862. The monoisotopic (exact) mass is 316 g/mol. The van der Waals surface area contributed by atoms with Crippen LogP contribution in [0.15, 0.2) is 4.99 Å². The molecule has 3 amide bonds. The van der Waals surface area contributed by atoms with E-state index in [2.05, 4.69) is 20.9 Å². The number of imide groups is 1. The van der Waals surface area contributed by atoms with Gasteiger partial charge in [-0.3, -0.25) is 10.1 Å². The first-order chi connectivity index (χ1) is 4.52. The lowest BCUT2D eigenvalue weighted by Gasteiger charge is -2.16. The van der Waals surface area contributed by atoms with Gasteiger partial charge in [0.2, 0.25) is 0 Å². The summed E-state index contributed by atoms with van der Waals surface area (Å²) in [7, 11) is 0. The molecule has 10 heavy (non-hydrogen) atoms. The van der Waals surface area contributed by atoms with E-state index in [0.717, 1.165) is 0 Å². The summed E-state index contributed by atoms with van der Waals surface area (Å²) in [4.78, 5) is 24.6. The number of aliphatic imine (C=N–C) groups is 1. The minimum atomic E-state index is -0.862. The number of carbonyl (C=O) groups is 2. The Labute approximate surface area is 78.7 Å². The molecule has 0 bridgehead atoms. The van der Waals surface area contributed by atoms with Crippen LogP contribution in [0.3, 0.4) is 0 Å². The number of halogens is 2. The molecule has 0 fully saturated rings. The van der Waals surface area contributed by atoms with Crippen molar-refractivity contribution < 1.29 is 9.59 Å². The average molecular weight is 317 g/mol. The molecule has 1 N–H and O–H groups in total. The van der Waals surface area contributed by atoms with E-state index < -0.39 is 14.3 Å². The van der Waals surface area contributed by atoms with Crippen LogP contribution in [-0.2, 0) is 4.79 Å². The summed E-state index contributed by atoms with van der Waals surface area (Å²) in [5.41, 5.74) is 0. The summed E-state index contributed by atoms with van der Waals surface area (Å²) in [5.74, 6) is -0.395. The molecule has 0 saturated carbocycles. The van der Waals surface area contributed by atoms with Crippen molar-refractivity contribution in [3.05, 3.63) is 0 Å². The summed E-state index contributed by atoms with van der Waals surface area (Å²) >= 11 is 4.89. The Morgan fingerprint density at radius 2 is 2.30 bits per heavy atom. The molecule has 0 aromatic heterocycles. The fourth-order valence-corrected chi connectivity index (χ4v) is 0.887. The molecule has 0 aromatic rings. The Kier molecular flexibility index (Phi) is 2.09. The largest absolute Gasteiger partial charge is 0.347 e. The van der Waals surface area contributed by atoms with Crippen LogP contribution in [0.4, 0.5) is 4.79 Å². The molecule has 6 heteroatoms. The van der Waals surface area contributed by atoms with Gasteiger partial charge in [-0.2, -0.15) is 0 Å². The first-order valence-corrected chi connectivity index (χ1v) is 4.18. The van der Waals surface area contributed by atoms with Crippen molar-refractivity contribution in [2.24, 2.45) is 4.99 Å². The second-order valence-corrected chi connectivity index (χ2v) is 6.08. The molecule has 0 aromatic carbocycles. The molecule has 0 saturated heterocycles. The maximum atomic E-state index is 10.8. The maximum Gasteiger partial charge on any atom is 0.347 e. The minimum Gasteiger partial charge on any atom is -0.274 e. The number of carbonyl (C=O) groups excluding carboxylic acids is 2. The second kappa shape index (κ2) is 2.57. The van der Waals surface area contributed by atoms with Crippen molar-refractivity contribution in [2.75, 3.05) is 0 Å². The summed E-state index contributed by atoms with van der Waals surface area (Å²) in [5, 5.41) is 2.04. The molecular formula is C4H2BrIN2O2. The van der Waals surface area contributed by atoms with Crippen molar-refractivity contribution in [2.45, 2.75) is 2.33 Å². The quantitative estimate of drug-likeness (QED) is 0.532. The van der Waals surface area contributed by atoms with Crippen molar-refractivity contribution in [3.63, 3.8) is 0 Å². The van der Waals surface area contributed by atoms with Crippen LogP contribution in [0.1, 0.15) is 0 Å². The van der Waals surface area contributed by atoms with E-state index in [1.54, 1.807) is 0 Å². The van der Waals surface area contributed by atoms with Crippen LogP contribution in [-0.4, -0.2) is 20.5 Å². The van der Waals surface area contributed by atoms with Crippen molar-refractivity contribution in [1.29, 1.82) is 0 Å². The van der Waals surface area contributed by atoms with Crippen LogP contribution in [0.25, 0.3) is 0 Å². The van der Waals surface area contributed by atoms with Gasteiger partial charge in [-0.05, 0) is 22.6 Å². The molecule has 1 aliphatic rings. The number of hydrogen-bond acceptors (Lipinski definition) is 2. The van der Waals surface area contributed by atoms with Gasteiger partial charge in [-0.25, -0.2) is 9.79 Å². The van der Waals surface area contributed by atoms with Gasteiger partial charge in [0.15, 0.2) is 2.33 Å². The number of alkyl halides is 2. The van der Waals surface area contributed by atoms with E-state index in [0.29, 0.717) is 0 Å². The number of nitrogens with zero attached hydrogens (tertiary/aromatic N) is 1. The van der Waals surface area contributed by atoms with Crippen LogP contribution >= 0.6 is 38.5 Å². The third-order valence-corrected chi connectivity index (χ3v) is 2.20. The van der Waals surface area contributed by atoms with Gasteiger partial charge in [0.1, 0.15) is 0 Å². The van der Waals surface area contributed by atoms with Crippen molar-refractivity contribution in [1.82, 2.24) is 5.32 Å². The standard InChI is InChI=1S/C4H2BrIN2O2/c5-4(6)1-7-3(10)8-2(4)9/h1H,(H,8,9,10). The zero-order chi connectivity index (χ0) is 7.78. The number of urea groups is 1. The molecule has 1 rings (SSSR count). The Hall–Kier alpha value is 0.0200. The lowest BCUT2D eigenvalue weighted by molar-refractivity contribution is -0.118. The summed E-state index contributed by atoms with van der Waals surface area (Å²) in [6, 6.07) is -0.614. The zero-order valence-corrected chi connectivity index (χ0v) is 8.34. The van der Waals surface area contributed by atoms with Crippen LogP contribution in [0.5, 0.6) is 0 Å². The average Bonchev–Trinajstić information content (AvgIpc) is 1.81. The van der Waals surface area contributed by atoms with E-state index in [-0.39, 0.29) is 0 Å². The molecule has 4 nitrogen and oxygen atoms in total. The van der Waals surface area contributed by atoms with Gasteiger partial charge < -0.3 is 0 Å². The van der Waals surface area contributed by atoms with Gasteiger partial charge in [0.25, 0.3) is 5.91 Å². The molecule has 1 heterocycles. The first kappa shape index (κ1) is 8.12. The van der Waals surface area contributed by atoms with Crippen LogP contribution < -0.4 is 5.32 Å². The lowest BCUT2D eigenvalue weighted by Crippen LogP contribution is -2.44. The molecule has 0 aliphatic carbocycles. The van der Waals surface area contributed by atoms with E-state index in [4.69, 9.17) is 0 Å². The molecule has 1 aliphatic heterocycles. The van der Waals surface area contributed by atoms with Gasteiger partial charge in [-0.15, -0.1) is 0 Å². The Morgan fingerprint density at radius 3 is 2.70 bits per heavy atom. The molecule has 0 radical (unpaired) electrons. The van der Waals surface area contributed by atoms with E-state index >= 15 is 0 Å². The zero-order valence-electron chi connectivity index (χ0n) is 4.60. The highest BCUT2D eigenvalue weighted by atomic mass is 127. The molecule has 0 spiro atoms. The third-order valence-electron chi connectivity index (χ3n) is 0.867. The fourth-order valence-electron chi connectivity index (χ4n) is 0.411. The highest BCUT2D eigenvalue weighted by Gasteiger charge is 2.34. The summed E-state index contributed by atoms with van der Waals surface area (Å²) in [6.07, 6.45) is 1.26. The fraction of sp³-hybridized carbons (Fsp3) is 0.250. The number of nitrogens with one attached hydrogen (secondary N) is 1. The predicted molar refractivity (Wildman–Crippen MR) is 47.7 cm³/mol. The predicted octanol–water partition coefficient (Wildman–Crippen LogP) is 0.833. The normalized spacial score (nSPS) is 32.2. The number of amides is 3. The van der Waals surface area contributed by atoms with Gasteiger partial charge in [0, 0.05) is 6.21 Å². The summed E-state index contributed by atoms with van der Waals surface area (Å²) in [6.45, 7) is 0. The van der Waals surface area contributed by atoms with E-state index in [1.807, 2.05) is 27.9 Å². The van der Waals surface area contributed by atoms with Crippen LogP contribution in [0.2, 0.25) is 0 Å². The SMILES string of the molecule is O=C1N=CC(Br)(I)C(=O)N1. The lowest BCUT2D eigenvalue weighted by atomic mass is 10.4. The Balaban J connectivity index is 2.93. The highest BCUT2D eigenvalue weighted by molar-refractivity contribution is 14.1. The molecule has 1 unspecified atom stereocenters. The molecular weight excluding hydrogens is 315 g/mol. The topological polar surface area (TPSA) is 58.5 Å². The van der Waals surface area contributed by atoms with E-state index in [9.17, 15) is 9.59 Å². The van der Waals surface area contributed by atoms with Gasteiger partial charge in [-0.1, -0.05) is 15.9 Å². The highest BCUT2D eigenvalue weighted by Crippen LogP contribution is 2.26. The van der Waals surface area contributed by atoms with E-state index in [1.165, 1.54) is 6.21 Å². The number of rotatable bonds is 0. The minimum absolute atomic E-state index is 0.395. The third kappa shape index (κ3) is 1.54. The molecule has 1 atom stereocenters. The second-order valence-electron chi connectivity index (χ2n) is 1.64. The number of hydrogen-bond donors (Lipinski definition) is 1. The molecule has 54 valence electrons. The van der Waals surface area contributed by atoms with Crippen LogP contribution in [0, 0.1) is 0 Å².